The highest BCUT2D eigenvalue weighted by atomic mass is 32.1. The van der Waals surface area contributed by atoms with Crippen molar-refractivity contribution in [2.45, 2.75) is 37.5 Å². The summed E-state index contributed by atoms with van der Waals surface area (Å²) >= 11 is 1.61. The summed E-state index contributed by atoms with van der Waals surface area (Å²) in [6.07, 6.45) is 4.92. The van der Waals surface area contributed by atoms with E-state index in [-0.39, 0.29) is 5.91 Å². The molecule has 0 atom stereocenters. The molecule has 0 aliphatic heterocycles. The van der Waals surface area contributed by atoms with E-state index >= 15 is 0 Å². The van der Waals surface area contributed by atoms with E-state index in [0.717, 1.165) is 10.6 Å². The van der Waals surface area contributed by atoms with Crippen LogP contribution in [0.4, 0.5) is 0 Å². The van der Waals surface area contributed by atoms with Crippen LogP contribution in [0.3, 0.4) is 0 Å². The molecular formula is C11H14N2OS. The van der Waals surface area contributed by atoms with Gasteiger partial charge in [0.15, 0.2) is 0 Å². The molecule has 80 valence electrons. The summed E-state index contributed by atoms with van der Waals surface area (Å²) in [4.78, 5) is 17.2. The molecule has 1 heterocycles. The maximum Gasteiger partial charge on any atom is 0.263 e. The molecule has 2 aliphatic carbocycles. The molecule has 1 aromatic heterocycles. The minimum atomic E-state index is 0.0429. The van der Waals surface area contributed by atoms with Crippen LogP contribution in [0.2, 0.25) is 0 Å². The highest BCUT2D eigenvalue weighted by Gasteiger charge is 2.35. The first-order chi connectivity index (χ1) is 7.29. The van der Waals surface area contributed by atoms with E-state index in [1.807, 2.05) is 0 Å². The summed E-state index contributed by atoms with van der Waals surface area (Å²) in [7, 11) is 1.69. The van der Waals surface area contributed by atoms with Crippen molar-refractivity contribution in [1.82, 2.24) is 10.3 Å². The van der Waals surface area contributed by atoms with Crippen molar-refractivity contribution in [3.8, 4) is 0 Å². The van der Waals surface area contributed by atoms with Crippen LogP contribution in [0.15, 0.2) is 0 Å². The zero-order valence-electron chi connectivity index (χ0n) is 8.75. The number of aromatic nitrogens is 1. The highest BCUT2D eigenvalue weighted by molar-refractivity contribution is 7.14. The van der Waals surface area contributed by atoms with Crippen LogP contribution in [0.25, 0.3) is 0 Å². The molecule has 0 spiro atoms. The van der Waals surface area contributed by atoms with Gasteiger partial charge < -0.3 is 5.32 Å². The third-order valence-electron chi connectivity index (χ3n) is 2.99. The number of carbonyl (C=O) groups excluding carboxylic acids is 1. The van der Waals surface area contributed by atoms with Crippen LogP contribution in [-0.4, -0.2) is 17.9 Å². The Bertz CT molecular complexity index is 405. The van der Waals surface area contributed by atoms with Gasteiger partial charge in [0.2, 0.25) is 0 Å². The molecule has 4 heteroatoms. The van der Waals surface area contributed by atoms with Crippen molar-refractivity contribution in [3.05, 3.63) is 15.6 Å². The smallest absolute Gasteiger partial charge is 0.263 e. The van der Waals surface area contributed by atoms with Gasteiger partial charge in [-0.25, -0.2) is 4.98 Å². The molecule has 0 bridgehead atoms. The summed E-state index contributed by atoms with van der Waals surface area (Å²) in [5.41, 5.74) is 1.07. The Labute approximate surface area is 92.9 Å². The van der Waals surface area contributed by atoms with Gasteiger partial charge in [-0.05, 0) is 25.7 Å². The summed E-state index contributed by atoms with van der Waals surface area (Å²) < 4.78 is 0. The van der Waals surface area contributed by atoms with Gasteiger partial charge >= 0.3 is 0 Å². The third-order valence-corrected chi connectivity index (χ3v) is 4.23. The average Bonchev–Trinajstić information content (AvgIpc) is 3.15. The number of nitrogens with one attached hydrogen (secondary N) is 1. The lowest BCUT2D eigenvalue weighted by Gasteiger charge is -1.97. The van der Waals surface area contributed by atoms with Gasteiger partial charge in [-0.1, -0.05) is 0 Å². The number of thiazole rings is 1. The zero-order chi connectivity index (χ0) is 10.4. The van der Waals surface area contributed by atoms with Gasteiger partial charge in [-0.15, -0.1) is 11.3 Å². The molecule has 3 rings (SSSR count). The average molecular weight is 222 g/mol. The Morgan fingerprint density at radius 3 is 2.53 bits per heavy atom. The molecular weight excluding hydrogens is 208 g/mol. The van der Waals surface area contributed by atoms with Crippen LogP contribution in [0.5, 0.6) is 0 Å². The van der Waals surface area contributed by atoms with Crippen molar-refractivity contribution in [2.75, 3.05) is 7.05 Å². The lowest BCUT2D eigenvalue weighted by atomic mass is 10.2. The number of nitrogens with zero attached hydrogens (tertiary/aromatic N) is 1. The first kappa shape index (κ1) is 9.33. The predicted octanol–water partition coefficient (Wildman–Crippen LogP) is 2.26. The lowest BCUT2D eigenvalue weighted by Crippen LogP contribution is -2.17. The Balaban J connectivity index is 1.97. The second-order valence-corrected chi connectivity index (χ2v) is 5.42. The van der Waals surface area contributed by atoms with Gasteiger partial charge in [0.1, 0.15) is 4.88 Å². The lowest BCUT2D eigenvalue weighted by molar-refractivity contribution is 0.0966. The van der Waals surface area contributed by atoms with E-state index < -0.39 is 0 Å². The maximum absolute atomic E-state index is 11.7. The van der Waals surface area contributed by atoms with Crippen molar-refractivity contribution in [2.24, 2.45) is 0 Å². The van der Waals surface area contributed by atoms with Crippen molar-refractivity contribution >= 4 is 17.2 Å². The summed E-state index contributed by atoms with van der Waals surface area (Å²) in [6.45, 7) is 0. The quantitative estimate of drug-likeness (QED) is 0.852. The van der Waals surface area contributed by atoms with Crippen molar-refractivity contribution in [1.29, 1.82) is 0 Å². The van der Waals surface area contributed by atoms with Crippen LogP contribution in [-0.2, 0) is 0 Å². The van der Waals surface area contributed by atoms with Gasteiger partial charge in [-0.3, -0.25) is 4.79 Å². The molecule has 0 aromatic carbocycles. The SMILES string of the molecule is CNC(=O)c1sc(C2CC2)nc1C1CC1. The van der Waals surface area contributed by atoms with Gasteiger partial charge in [0.05, 0.1) is 10.7 Å². The molecule has 2 aliphatic rings. The molecule has 2 saturated carbocycles. The number of rotatable bonds is 3. The first-order valence-corrected chi connectivity index (χ1v) is 6.34. The summed E-state index contributed by atoms with van der Waals surface area (Å²) in [5.74, 6) is 1.27. The van der Waals surface area contributed by atoms with E-state index in [4.69, 9.17) is 0 Å². The fourth-order valence-electron chi connectivity index (χ4n) is 1.76. The molecule has 1 aromatic rings. The number of amides is 1. The predicted molar refractivity (Wildman–Crippen MR) is 59.5 cm³/mol. The molecule has 15 heavy (non-hydrogen) atoms. The van der Waals surface area contributed by atoms with E-state index in [1.54, 1.807) is 18.4 Å². The standard InChI is InChI=1S/C11H14N2OS/c1-12-10(14)9-8(6-2-3-6)13-11(15-9)7-4-5-7/h6-7H,2-5H2,1H3,(H,12,14). The fraction of sp³-hybridized carbons (Fsp3) is 0.636. The molecule has 2 fully saturated rings. The topological polar surface area (TPSA) is 42.0 Å². The van der Waals surface area contributed by atoms with Crippen molar-refractivity contribution < 1.29 is 4.79 Å². The van der Waals surface area contributed by atoms with Gasteiger partial charge in [-0.2, -0.15) is 0 Å². The Hall–Kier alpha value is -0.900. The minimum Gasteiger partial charge on any atom is -0.354 e. The number of hydrogen-bond donors (Lipinski definition) is 1. The van der Waals surface area contributed by atoms with Gasteiger partial charge in [0, 0.05) is 18.9 Å². The first-order valence-electron chi connectivity index (χ1n) is 5.52. The molecule has 0 saturated heterocycles. The van der Waals surface area contributed by atoms with E-state index in [0.29, 0.717) is 11.8 Å². The normalized spacial score (nSPS) is 20.3. The highest BCUT2D eigenvalue weighted by Crippen LogP contribution is 2.47. The second kappa shape index (κ2) is 3.30. The summed E-state index contributed by atoms with van der Waals surface area (Å²) in [5, 5.41) is 3.90. The Morgan fingerprint density at radius 2 is 2.00 bits per heavy atom. The van der Waals surface area contributed by atoms with Crippen LogP contribution in [0, 0.1) is 0 Å². The fourth-order valence-corrected chi connectivity index (χ4v) is 3.03. The third kappa shape index (κ3) is 1.67. The maximum atomic E-state index is 11.7. The largest absolute Gasteiger partial charge is 0.354 e. The van der Waals surface area contributed by atoms with Crippen LogP contribution < -0.4 is 5.32 Å². The molecule has 1 amide bonds. The van der Waals surface area contributed by atoms with Crippen LogP contribution in [0.1, 0.15) is 57.9 Å². The van der Waals surface area contributed by atoms with E-state index in [9.17, 15) is 4.79 Å². The van der Waals surface area contributed by atoms with Crippen LogP contribution >= 0.6 is 11.3 Å². The van der Waals surface area contributed by atoms with Crippen molar-refractivity contribution in [3.63, 3.8) is 0 Å². The minimum absolute atomic E-state index is 0.0429. The molecule has 0 radical (unpaired) electrons. The second-order valence-electron chi connectivity index (χ2n) is 4.39. The summed E-state index contributed by atoms with van der Waals surface area (Å²) in [6, 6.07) is 0. The van der Waals surface area contributed by atoms with Gasteiger partial charge in [0.25, 0.3) is 5.91 Å². The molecule has 1 N–H and O–H groups in total. The van der Waals surface area contributed by atoms with E-state index in [1.165, 1.54) is 30.7 Å². The number of hydrogen-bond acceptors (Lipinski definition) is 3. The monoisotopic (exact) mass is 222 g/mol. The molecule has 0 unspecified atom stereocenters. The number of carbonyl (C=O) groups is 1. The zero-order valence-corrected chi connectivity index (χ0v) is 9.56. The molecule has 3 nitrogen and oxygen atoms in total. The van der Waals surface area contributed by atoms with E-state index in [2.05, 4.69) is 10.3 Å². The Kier molecular flexibility index (Phi) is 2.06. The Morgan fingerprint density at radius 1 is 1.33 bits per heavy atom.